The molecule has 3 heteroatoms. The maximum absolute atomic E-state index is 11.6. The Morgan fingerprint density at radius 2 is 1.86 bits per heavy atom. The Balaban J connectivity index is 2.83. The lowest BCUT2D eigenvalue weighted by Crippen LogP contribution is -2.43. The Morgan fingerprint density at radius 1 is 1.29 bits per heavy atom. The quantitative estimate of drug-likeness (QED) is 0.677. The van der Waals surface area contributed by atoms with Gasteiger partial charge in [-0.3, -0.25) is 4.79 Å². The van der Waals surface area contributed by atoms with Gasteiger partial charge in [-0.05, 0) is 24.7 Å². The van der Waals surface area contributed by atoms with E-state index in [2.05, 4.69) is 19.2 Å². The van der Waals surface area contributed by atoms with Crippen LogP contribution in [0.5, 0.6) is 0 Å². The van der Waals surface area contributed by atoms with E-state index in [1.165, 1.54) is 0 Å². The van der Waals surface area contributed by atoms with Gasteiger partial charge in [-0.2, -0.15) is 0 Å². The number of carbonyl (C=O) groups is 2. The van der Waals surface area contributed by atoms with Gasteiger partial charge in [0.2, 0.25) is 5.91 Å². The van der Waals surface area contributed by atoms with Crippen molar-refractivity contribution in [1.29, 1.82) is 0 Å². The molecule has 1 aliphatic rings. The highest BCUT2D eigenvalue weighted by Gasteiger charge is 2.39. The predicted molar refractivity (Wildman–Crippen MR) is 54.7 cm³/mol. The summed E-state index contributed by atoms with van der Waals surface area (Å²) < 4.78 is 0. The van der Waals surface area contributed by atoms with Crippen LogP contribution in [-0.2, 0) is 9.59 Å². The van der Waals surface area contributed by atoms with E-state index in [0.29, 0.717) is 11.8 Å². The van der Waals surface area contributed by atoms with Crippen molar-refractivity contribution < 1.29 is 9.59 Å². The summed E-state index contributed by atoms with van der Waals surface area (Å²) in [5, 5.41) is 2.65. The molecular formula is C11H19NO2. The van der Waals surface area contributed by atoms with Crippen LogP contribution >= 0.6 is 0 Å². The zero-order valence-corrected chi connectivity index (χ0v) is 9.12. The van der Waals surface area contributed by atoms with E-state index in [-0.39, 0.29) is 17.7 Å². The third-order valence-electron chi connectivity index (χ3n) is 3.47. The van der Waals surface area contributed by atoms with Crippen molar-refractivity contribution in [3.63, 3.8) is 0 Å². The van der Waals surface area contributed by atoms with Crippen LogP contribution in [0.2, 0.25) is 0 Å². The van der Waals surface area contributed by atoms with Crippen molar-refractivity contribution in [1.82, 2.24) is 5.32 Å². The smallest absolute Gasteiger partial charge is 0.223 e. The number of carbonyl (C=O) groups excluding carboxylic acids is 2. The van der Waals surface area contributed by atoms with Gasteiger partial charge in [-0.25, -0.2) is 0 Å². The van der Waals surface area contributed by atoms with Crippen LogP contribution in [0.4, 0.5) is 0 Å². The molecule has 4 atom stereocenters. The van der Waals surface area contributed by atoms with Gasteiger partial charge >= 0.3 is 0 Å². The van der Waals surface area contributed by atoms with Gasteiger partial charge in [0.15, 0.2) is 0 Å². The minimum Gasteiger partial charge on any atom is -0.359 e. The molecule has 1 amide bonds. The number of aldehydes is 1. The number of nitrogens with one attached hydrogen (secondary N) is 1. The molecule has 0 saturated heterocycles. The maximum atomic E-state index is 11.6. The standard InChI is InChI=1S/C11H19NO2/c1-7-4-5-8(2)10(9(7)6-13)11(14)12-3/h6-10H,4-5H2,1-3H3,(H,12,14). The van der Waals surface area contributed by atoms with E-state index in [1.54, 1.807) is 7.05 Å². The van der Waals surface area contributed by atoms with Crippen molar-refractivity contribution in [2.24, 2.45) is 23.7 Å². The Hall–Kier alpha value is -0.860. The largest absolute Gasteiger partial charge is 0.359 e. The van der Waals surface area contributed by atoms with Gasteiger partial charge in [0.05, 0.1) is 5.92 Å². The van der Waals surface area contributed by atoms with Crippen LogP contribution in [0, 0.1) is 23.7 Å². The highest BCUT2D eigenvalue weighted by molar-refractivity contribution is 5.82. The molecule has 1 fully saturated rings. The first kappa shape index (κ1) is 11.2. The zero-order valence-electron chi connectivity index (χ0n) is 9.12. The summed E-state index contributed by atoms with van der Waals surface area (Å²) in [6.07, 6.45) is 3.06. The maximum Gasteiger partial charge on any atom is 0.223 e. The molecule has 1 aliphatic carbocycles. The molecule has 80 valence electrons. The number of rotatable bonds is 2. The van der Waals surface area contributed by atoms with Gasteiger partial charge in [0.25, 0.3) is 0 Å². The van der Waals surface area contributed by atoms with Crippen molar-refractivity contribution in [2.45, 2.75) is 26.7 Å². The van der Waals surface area contributed by atoms with E-state index >= 15 is 0 Å². The summed E-state index contributed by atoms with van der Waals surface area (Å²) in [6, 6.07) is 0. The van der Waals surface area contributed by atoms with Gasteiger partial charge in [0, 0.05) is 13.0 Å². The van der Waals surface area contributed by atoms with Crippen molar-refractivity contribution >= 4 is 12.2 Å². The number of hydrogen-bond donors (Lipinski definition) is 1. The molecule has 0 aliphatic heterocycles. The Bertz CT molecular complexity index is 227. The Kier molecular flexibility index (Phi) is 3.67. The minimum atomic E-state index is -0.124. The Labute approximate surface area is 85.3 Å². The summed E-state index contributed by atoms with van der Waals surface area (Å²) in [7, 11) is 1.64. The van der Waals surface area contributed by atoms with Gasteiger partial charge < -0.3 is 10.1 Å². The third-order valence-corrected chi connectivity index (χ3v) is 3.47. The fourth-order valence-corrected chi connectivity index (χ4v) is 2.45. The van der Waals surface area contributed by atoms with E-state index in [0.717, 1.165) is 19.1 Å². The fraction of sp³-hybridized carbons (Fsp3) is 0.818. The fourth-order valence-electron chi connectivity index (χ4n) is 2.45. The van der Waals surface area contributed by atoms with E-state index in [1.807, 2.05) is 0 Å². The minimum absolute atomic E-state index is 0.0150. The van der Waals surface area contributed by atoms with Gasteiger partial charge in [-0.15, -0.1) is 0 Å². The van der Waals surface area contributed by atoms with E-state index in [4.69, 9.17) is 0 Å². The van der Waals surface area contributed by atoms with Gasteiger partial charge in [-0.1, -0.05) is 13.8 Å². The van der Waals surface area contributed by atoms with Crippen molar-refractivity contribution in [3.05, 3.63) is 0 Å². The SMILES string of the molecule is CNC(=O)C1C(C)CCC(C)C1C=O. The second-order valence-corrected chi connectivity index (χ2v) is 4.39. The van der Waals surface area contributed by atoms with Crippen LogP contribution in [0.1, 0.15) is 26.7 Å². The molecule has 4 unspecified atom stereocenters. The summed E-state index contributed by atoms with van der Waals surface area (Å²) >= 11 is 0. The lowest BCUT2D eigenvalue weighted by Gasteiger charge is -2.36. The molecular weight excluding hydrogens is 178 g/mol. The molecule has 0 radical (unpaired) electrons. The van der Waals surface area contributed by atoms with Crippen molar-refractivity contribution in [3.8, 4) is 0 Å². The average Bonchev–Trinajstić information content (AvgIpc) is 2.19. The number of hydrogen-bond acceptors (Lipinski definition) is 2. The van der Waals surface area contributed by atoms with E-state index in [9.17, 15) is 9.59 Å². The Morgan fingerprint density at radius 3 is 2.36 bits per heavy atom. The molecule has 0 aromatic rings. The van der Waals surface area contributed by atoms with E-state index < -0.39 is 0 Å². The third kappa shape index (κ3) is 1.97. The lowest BCUT2D eigenvalue weighted by molar-refractivity contribution is -0.134. The highest BCUT2D eigenvalue weighted by Crippen LogP contribution is 2.37. The van der Waals surface area contributed by atoms with Crippen LogP contribution in [0.15, 0.2) is 0 Å². The first-order valence-electron chi connectivity index (χ1n) is 5.28. The van der Waals surface area contributed by atoms with Crippen LogP contribution < -0.4 is 5.32 Å². The monoisotopic (exact) mass is 197 g/mol. The normalized spacial score (nSPS) is 37.6. The van der Waals surface area contributed by atoms with Gasteiger partial charge in [0.1, 0.15) is 6.29 Å². The first-order chi connectivity index (χ1) is 6.61. The molecule has 0 spiro atoms. The second-order valence-electron chi connectivity index (χ2n) is 4.39. The van der Waals surface area contributed by atoms with Crippen molar-refractivity contribution in [2.75, 3.05) is 7.05 Å². The molecule has 0 heterocycles. The molecule has 1 N–H and O–H groups in total. The zero-order chi connectivity index (χ0) is 10.7. The van der Waals surface area contributed by atoms with Crippen LogP contribution in [0.25, 0.3) is 0 Å². The molecule has 1 saturated carbocycles. The molecule has 0 bridgehead atoms. The molecule has 0 aromatic carbocycles. The van der Waals surface area contributed by atoms with Crippen LogP contribution in [-0.4, -0.2) is 19.2 Å². The molecule has 14 heavy (non-hydrogen) atoms. The lowest BCUT2D eigenvalue weighted by atomic mass is 9.68. The summed E-state index contributed by atoms with van der Waals surface area (Å²) in [4.78, 5) is 22.6. The summed E-state index contributed by atoms with van der Waals surface area (Å²) in [5.74, 6) is 0.452. The number of amides is 1. The topological polar surface area (TPSA) is 46.2 Å². The molecule has 1 rings (SSSR count). The second kappa shape index (κ2) is 4.58. The van der Waals surface area contributed by atoms with Crippen LogP contribution in [0.3, 0.4) is 0 Å². The summed E-state index contributed by atoms with van der Waals surface area (Å²) in [6.45, 7) is 4.11. The highest BCUT2D eigenvalue weighted by atomic mass is 16.2. The molecule has 3 nitrogen and oxygen atoms in total. The summed E-state index contributed by atoms with van der Waals surface area (Å²) in [5.41, 5.74) is 0. The average molecular weight is 197 g/mol. The first-order valence-corrected chi connectivity index (χ1v) is 5.28. The predicted octanol–water partition coefficient (Wildman–Crippen LogP) is 1.23. The molecule has 0 aromatic heterocycles.